The number of nitrogens with one attached hydrogen (secondary N) is 2. The van der Waals surface area contributed by atoms with Crippen molar-refractivity contribution in [3.05, 3.63) is 36.0 Å². The largest absolute Gasteiger partial charge is 0.361 e. The Kier molecular flexibility index (Phi) is 4.36. The van der Waals surface area contributed by atoms with Crippen LogP contribution in [0.1, 0.15) is 18.4 Å². The summed E-state index contributed by atoms with van der Waals surface area (Å²) in [4.78, 5) is 14.8. The molecule has 0 fully saturated rings. The molecular formula is C14H19N3O. The average molecular weight is 245 g/mol. The lowest BCUT2D eigenvalue weighted by Crippen LogP contribution is -2.26. The van der Waals surface area contributed by atoms with Crippen LogP contribution in [0, 0.1) is 0 Å². The Morgan fingerprint density at radius 2 is 2.17 bits per heavy atom. The molecule has 2 aromatic rings. The summed E-state index contributed by atoms with van der Waals surface area (Å²) < 4.78 is 0. The van der Waals surface area contributed by atoms with Gasteiger partial charge in [-0.05, 0) is 31.0 Å². The third-order valence-corrected chi connectivity index (χ3v) is 3.00. The number of rotatable bonds is 6. The minimum absolute atomic E-state index is 0.0914. The van der Waals surface area contributed by atoms with E-state index in [9.17, 15) is 4.79 Å². The van der Waals surface area contributed by atoms with Crippen LogP contribution in [0.3, 0.4) is 0 Å². The predicted molar refractivity (Wildman–Crippen MR) is 73.3 cm³/mol. The van der Waals surface area contributed by atoms with E-state index in [1.807, 2.05) is 24.4 Å². The first-order valence-corrected chi connectivity index (χ1v) is 6.33. The van der Waals surface area contributed by atoms with Crippen LogP contribution in [-0.4, -0.2) is 24.0 Å². The molecule has 1 amide bonds. The maximum absolute atomic E-state index is 11.6. The van der Waals surface area contributed by atoms with Crippen LogP contribution in [0.5, 0.6) is 0 Å². The van der Waals surface area contributed by atoms with Crippen LogP contribution in [0.25, 0.3) is 10.9 Å². The summed E-state index contributed by atoms with van der Waals surface area (Å²) in [6.07, 6.45) is 4.10. The number of aromatic nitrogens is 1. The zero-order valence-electron chi connectivity index (χ0n) is 10.4. The van der Waals surface area contributed by atoms with Crippen molar-refractivity contribution in [2.75, 3.05) is 13.1 Å². The molecule has 0 spiro atoms. The maximum Gasteiger partial charge on any atom is 0.220 e. The molecule has 0 aliphatic heterocycles. The summed E-state index contributed by atoms with van der Waals surface area (Å²) >= 11 is 0. The van der Waals surface area contributed by atoms with E-state index in [-0.39, 0.29) is 5.91 Å². The van der Waals surface area contributed by atoms with Gasteiger partial charge in [-0.2, -0.15) is 0 Å². The Hall–Kier alpha value is -1.81. The Bertz CT molecular complexity index is 518. The first-order chi connectivity index (χ1) is 8.81. The van der Waals surface area contributed by atoms with Crippen molar-refractivity contribution >= 4 is 16.8 Å². The SMILES string of the molecule is NCCCNC(=O)CCc1c[nH]c2ccccc12. The van der Waals surface area contributed by atoms with Gasteiger partial charge in [-0.15, -0.1) is 0 Å². The fourth-order valence-corrected chi connectivity index (χ4v) is 2.00. The van der Waals surface area contributed by atoms with Crippen LogP contribution in [-0.2, 0) is 11.2 Å². The highest BCUT2D eigenvalue weighted by Crippen LogP contribution is 2.18. The Balaban J connectivity index is 1.88. The summed E-state index contributed by atoms with van der Waals surface area (Å²) in [7, 11) is 0. The van der Waals surface area contributed by atoms with Crippen LogP contribution in [0.4, 0.5) is 0 Å². The topological polar surface area (TPSA) is 70.9 Å². The van der Waals surface area contributed by atoms with Crippen LogP contribution < -0.4 is 11.1 Å². The van der Waals surface area contributed by atoms with E-state index >= 15 is 0 Å². The van der Waals surface area contributed by atoms with Crippen LogP contribution in [0.15, 0.2) is 30.5 Å². The predicted octanol–water partition coefficient (Wildman–Crippen LogP) is 1.57. The highest BCUT2D eigenvalue weighted by atomic mass is 16.1. The van der Waals surface area contributed by atoms with Gasteiger partial charge in [0.05, 0.1) is 0 Å². The average Bonchev–Trinajstić information content (AvgIpc) is 2.80. The fraction of sp³-hybridized carbons (Fsp3) is 0.357. The summed E-state index contributed by atoms with van der Waals surface area (Å²) in [5.41, 5.74) is 7.69. The molecule has 4 nitrogen and oxygen atoms in total. The van der Waals surface area contributed by atoms with Crippen LogP contribution in [0.2, 0.25) is 0 Å². The van der Waals surface area contributed by atoms with Gasteiger partial charge in [0.2, 0.25) is 5.91 Å². The number of aromatic amines is 1. The van der Waals surface area contributed by atoms with Crippen molar-refractivity contribution in [1.82, 2.24) is 10.3 Å². The van der Waals surface area contributed by atoms with Crippen molar-refractivity contribution in [1.29, 1.82) is 0 Å². The molecule has 0 bridgehead atoms. The van der Waals surface area contributed by atoms with Gasteiger partial charge in [0, 0.05) is 30.1 Å². The minimum Gasteiger partial charge on any atom is -0.361 e. The summed E-state index contributed by atoms with van der Waals surface area (Å²) in [5.74, 6) is 0.0914. The lowest BCUT2D eigenvalue weighted by Gasteiger charge is -2.03. The van der Waals surface area contributed by atoms with Gasteiger partial charge in [0.15, 0.2) is 0 Å². The lowest BCUT2D eigenvalue weighted by molar-refractivity contribution is -0.121. The molecule has 0 aliphatic carbocycles. The number of fused-ring (bicyclic) bond motifs is 1. The molecule has 0 radical (unpaired) electrons. The number of hydrogen-bond donors (Lipinski definition) is 3. The molecule has 0 aliphatic rings. The highest BCUT2D eigenvalue weighted by Gasteiger charge is 2.05. The number of aryl methyl sites for hydroxylation is 1. The second-order valence-corrected chi connectivity index (χ2v) is 4.35. The Morgan fingerprint density at radius 3 is 3.00 bits per heavy atom. The molecule has 18 heavy (non-hydrogen) atoms. The van der Waals surface area contributed by atoms with Gasteiger partial charge in [0.1, 0.15) is 0 Å². The van der Waals surface area contributed by atoms with Crippen molar-refractivity contribution < 1.29 is 4.79 Å². The molecule has 4 heteroatoms. The molecule has 1 aromatic carbocycles. The van der Waals surface area contributed by atoms with Crippen LogP contribution >= 0.6 is 0 Å². The summed E-state index contributed by atoms with van der Waals surface area (Å²) in [5, 5.41) is 4.07. The zero-order valence-corrected chi connectivity index (χ0v) is 10.4. The van der Waals surface area contributed by atoms with E-state index in [4.69, 9.17) is 5.73 Å². The number of para-hydroxylation sites is 1. The number of carbonyl (C=O) groups excluding carboxylic acids is 1. The number of H-pyrrole nitrogens is 1. The first kappa shape index (κ1) is 12.6. The molecule has 1 aromatic heterocycles. The van der Waals surface area contributed by atoms with E-state index in [2.05, 4.69) is 16.4 Å². The molecule has 0 unspecified atom stereocenters. The Labute approximate surface area is 107 Å². The molecule has 1 heterocycles. The molecule has 96 valence electrons. The smallest absolute Gasteiger partial charge is 0.220 e. The minimum atomic E-state index is 0.0914. The van der Waals surface area contributed by atoms with E-state index in [0.29, 0.717) is 19.5 Å². The third kappa shape index (κ3) is 3.11. The number of carbonyl (C=O) groups is 1. The lowest BCUT2D eigenvalue weighted by atomic mass is 10.1. The second-order valence-electron chi connectivity index (χ2n) is 4.35. The summed E-state index contributed by atoms with van der Waals surface area (Å²) in [6, 6.07) is 8.14. The van der Waals surface area contributed by atoms with Crippen molar-refractivity contribution in [3.63, 3.8) is 0 Å². The van der Waals surface area contributed by atoms with E-state index in [1.54, 1.807) is 0 Å². The first-order valence-electron chi connectivity index (χ1n) is 6.33. The van der Waals surface area contributed by atoms with Gasteiger partial charge in [-0.1, -0.05) is 18.2 Å². The van der Waals surface area contributed by atoms with Crippen molar-refractivity contribution in [2.24, 2.45) is 5.73 Å². The fourth-order valence-electron chi connectivity index (χ4n) is 2.00. The van der Waals surface area contributed by atoms with Crippen molar-refractivity contribution in [3.8, 4) is 0 Å². The number of benzene rings is 1. The molecule has 2 rings (SSSR count). The second kappa shape index (κ2) is 6.21. The van der Waals surface area contributed by atoms with Gasteiger partial charge < -0.3 is 16.0 Å². The van der Waals surface area contributed by atoms with E-state index in [1.165, 1.54) is 10.9 Å². The van der Waals surface area contributed by atoms with Gasteiger partial charge >= 0.3 is 0 Å². The number of amides is 1. The number of nitrogens with two attached hydrogens (primary N) is 1. The molecule has 0 atom stereocenters. The normalized spacial score (nSPS) is 10.7. The monoisotopic (exact) mass is 245 g/mol. The third-order valence-electron chi connectivity index (χ3n) is 3.00. The summed E-state index contributed by atoms with van der Waals surface area (Å²) in [6.45, 7) is 1.28. The quantitative estimate of drug-likeness (QED) is 0.676. The highest BCUT2D eigenvalue weighted by molar-refractivity contribution is 5.84. The van der Waals surface area contributed by atoms with Gasteiger partial charge in [0.25, 0.3) is 0 Å². The number of hydrogen-bond acceptors (Lipinski definition) is 2. The van der Waals surface area contributed by atoms with Gasteiger partial charge in [-0.3, -0.25) is 4.79 Å². The molecular weight excluding hydrogens is 226 g/mol. The Morgan fingerprint density at radius 1 is 1.33 bits per heavy atom. The van der Waals surface area contributed by atoms with Crippen molar-refractivity contribution in [2.45, 2.75) is 19.3 Å². The molecule has 0 saturated heterocycles. The standard InChI is InChI=1S/C14H19N3O/c15-8-3-9-16-14(18)7-6-11-10-17-13-5-2-1-4-12(11)13/h1-2,4-5,10,17H,3,6-9,15H2,(H,16,18). The zero-order chi connectivity index (χ0) is 12.8. The molecule has 0 saturated carbocycles. The van der Waals surface area contributed by atoms with Gasteiger partial charge in [-0.25, -0.2) is 0 Å². The maximum atomic E-state index is 11.6. The van der Waals surface area contributed by atoms with E-state index < -0.39 is 0 Å². The van der Waals surface area contributed by atoms with E-state index in [0.717, 1.165) is 18.4 Å². The molecule has 4 N–H and O–H groups in total.